The van der Waals surface area contributed by atoms with Crippen LogP contribution in [-0.4, -0.2) is 5.84 Å². The van der Waals surface area contributed by atoms with Gasteiger partial charge in [0.25, 0.3) is 0 Å². The topological polar surface area (TPSA) is 76.4 Å². The van der Waals surface area contributed by atoms with E-state index in [9.17, 15) is 0 Å². The molecule has 1 rings (SSSR count). The van der Waals surface area contributed by atoms with Gasteiger partial charge in [0.1, 0.15) is 5.84 Å². The minimum Gasteiger partial charge on any atom is -0.322 e. The van der Waals surface area contributed by atoms with Gasteiger partial charge in [-0.2, -0.15) is 5.10 Å². The highest BCUT2D eigenvalue weighted by molar-refractivity contribution is 6.30. The monoisotopic (exact) mass is 212 g/mol. The van der Waals surface area contributed by atoms with Crippen LogP contribution in [0.15, 0.2) is 29.4 Å². The molecule has 5 heteroatoms. The van der Waals surface area contributed by atoms with Gasteiger partial charge in [-0.3, -0.25) is 0 Å². The zero-order chi connectivity index (χ0) is 10.6. The summed E-state index contributed by atoms with van der Waals surface area (Å²) in [6.45, 7) is 1.94. The van der Waals surface area contributed by atoms with Crippen LogP contribution in [0.25, 0.3) is 0 Å². The Balaban J connectivity index is 2.94. The summed E-state index contributed by atoms with van der Waals surface area (Å²) in [4.78, 5) is 0. The highest BCUT2D eigenvalue weighted by Crippen LogP contribution is 2.19. The van der Waals surface area contributed by atoms with Crippen LogP contribution in [0.1, 0.15) is 18.4 Å². The molecule has 0 saturated heterocycles. The number of benzene rings is 1. The van der Waals surface area contributed by atoms with Crippen molar-refractivity contribution in [2.45, 2.75) is 12.8 Å². The lowest BCUT2D eigenvalue weighted by Gasteiger charge is -2.13. The molecule has 1 aromatic carbocycles. The SMILES string of the molecule is CC(/C(=N/N)NN)c1cccc(Cl)c1. The van der Waals surface area contributed by atoms with E-state index in [1.54, 1.807) is 0 Å². The lowest BCUT2D eigenvalue weighted by molar-refractivity contribution is 0.886. The third kappa shape index (κ3) is 2.37. The summed E-state index contributed by atoms with van der Waals surface area (Å²) in [5, 5.41) is 4.23. The summed E-state index contributed by atoms with van der Waals surface area (Å²) in [6.07, 6.45) is 0. The van der Waals surface area contributed by atoms with Crippen molar-refractivity contribution < 1.29 is 0 Å². The second kappa shape index (κ2) is 4.83. The standard InChI is InChI=1S/C9H13ClN4/c1-6(9(13-11)14-12)7-3-2-4-8(10)5-7/h2-6H,11-12H2,1H3,(H,13,14). The maximum absolute atomic E-state index is 5.86. The van der Waals surface area contributed by atoms with Crippen LogP contribution >= 0.6 is 11.6 Å². The van der Waals surface area contributed by atoms with Crippen molar-refractivity contribution >= 4 is 17.4 Å². The summed E-state index contributed by atoms with van der Waals surface area (Å²) in [6, 6.07) is 7.49. The van der Waals surface area contributed by atoms with Gasteiger partial charge in [0.2, 0.25) is 0 Å². The van der Waals surface area contributed by atoms with Crippen molar-refractivity contribution in [2.75, 3.05) is 0 Å². The molecule has 1 atom stereocenters. The van der Waals surface area contributed by atoms with Crippen molar-refractivity contribution in [1.29, 1.82) is 0 Å². The van der Waals surface area contributed by atoms with Crippen LogP contribution < -0.4 is 17.1 Å². The molecule has 14 heavy (non-hydrogen) atoms. The fraction of sp³-hybridized carbons (Fsp3) is 0.222. The molecule has 0 aliphatic heterocycles. The molecule has 1 aromatic rings. The third-order valence-electron chi connectivity index (χ3n) is 2.05. The number of hydrazine groups is 1. The Kier molecular flexibility index (Phi) is 3.73. The average Bonchev–Trinajstić information content (AvgIpc) is 2.19. The predicted octanol–water partition coefficient (Wildman–Crippen LogP) is 1.18. The van der Waals surface area contributed by atoms with Gasteiger partial charge < -0.3 is 11.3 Å². The number of rotatable bonds is 2. The van der Waals surface area contributed by atoms with Gasteiger partial charge in [-0.1, -0.05) is 30.7 Å². The molecule has 0 radical (unpaired) electrons. The molecule has 0 fully saturated rings. The summed E-state index contributed by atoms with van der Waals surface area (Å²) < 4.78 is 0. The fourth-order valence-corrected chi connectivity index (χ4v) is 1.41. The second-order valence-electron chi connectivity index (χ2n) is 2.94. The zero-order valence-electron chi connectivity index (χ0n) is 7.87. The number of nitrogens with one attached hydrogen (secondary N) is 1. The van der Waals surface area contributed by atoms with Gasteiger partial charge in [-0.25, -0.2) is 5.84 Å². The quantitative estimate of drug-likeness (QED) is 0.298. The highest BCUT2D eigenvalue weighted by Gasteiger charge is 2.11. The summed E-state index contributed by atoms with van der Waals surface area (Å²) in [5.41, 5.74) is 3.46. The first kappa shape index (κ1) is 10.8. The van der Waals surface area contributed by atoms with Crippen molar-refractivity contribution in [2.24, 2.45) is 16.8 Å². The van der Waals surface area contributed by atoms with Crippen LogP contribution in [0.4, 0.5) is 0 Å². The molecule has 1 unspecified atom stereocenters. The smallest absolute Gasteiger partial charge is 0.143 e. The zero-order valence-corrected chi connectivity index (χ0v) is 8.62. The molecule has 4 nitrogen and oxygen atoms in total. The Bertz CT molecular complexity index is 337. The van der Waals surface area contributed by atoms with Crippen LogP contribution in [0.5, 0.6) is 0 Å². The van der Waals surface area contributed by atoms with E-state index in [4.69, 9.17) is 23.3 Å². The van der Waals surface area contributed by atoms with E-state index in [1.807, 2.05) is 31.2 Å². The number of hydrazone groups is 1. The Morgan fingerprint density at radius 1 is 1.57 bits per heavy atom. The Morgan fingerprint density at radius 3 is 2.79 bits per heavy atom. The molecule has 0 bridgehead atoms. The van der Waals surface area contributed by atoms with Crippen LogP contribution in [0, 0.1) is 0 Å². The Hall–Kier alpha value is -1.26. The van der Waals surface area contributed by atoms with Crippen LogP contribution in [-0.2, 0) is 0 Å². The number of halogens is 1. The average molecular weight is 213 g/mol. The minimum atomic E-state index is 0.00343. The minimum absolute atomic E-state index is 0.00343. The number of hydrogen-bond acceptors (Lipinski definition) is 3. The molecule has 5 N–H and O–H groups in total. The summed E-state index contributed by atoms with van der Waals surface area (Å²) >= 11 is 5.86. The first-order valence-corrected chi connectivity index (χ1v) is 4.56. The van der Waals surface area contributed by atoms with Gasteiger partial charge in [-0.05, 0) is 17.7 Å². The summed E-state index contributed by atoms with van der Waals surface area (Å²) in [7, 11) is 0. The molecule has 0 amide bonds. The van der Waals surface area contributed by atoms with E-state index in [0.29, 0.717) is 10.9 Å². The second-order valence-corrected chi connectivity index (χ2v) is 3.37. The van der Waals surface area contributed by atoms with Crippen molar-refractivity contribution in [1.82, 2.24) is 5.43 Å². The van der Waals surface area contributed by atoms with E-state index in [0.717, 1.165) is 5.56 Å². The first-order chi connectivity index (χ1) is 6.69. The molecular weight excluding hydrogens is 200 g/mol. The molecule has 0 saturated carbocycles. The lowest BCUT2D eigenvalue weighted by atomic mass is 10.0. The Labute approximate surface area is 87.9 Å². The van der Waals surface area contributed by atoms with Crippen LogP contribution in [0.2, 0.25) is 5.02 Å². The third-order valence-corrected chi connectivity index (χ3v) is 2.28. The molecule has 0 heterocycles. The van der Waals surface area contributed by atoms with Gasteiger partial charge in [0.15, 0.2) is 0 Å². The van der Waals surface area contributed by atoms with Crippen molar-refractivity contribution in [3.05, 3.63) is 34.9 Å². The normalized spacial score (nSPS) is 13.8. The van der Waals surface area contributed by atoms with E-state index in [2.05, 4.69) is 10.5 Å². The molecule has 0 aromatic heterocycles. The van der Waals surface area contributed by atoms with E-state index in [-0.39, 0.29) is 5.92 Å². The number of amidine groups is 1. The number of hydrogen-bond donors (Lipinski definition) is 3. The molecule has 0 aliphatic carbocycles. The van der Waals surface area contributed by atoms with Gasteiger partial charge >= 0.3 is 0 Å². The van der Waals surface area contributed by atoms with Crippen molar-refractivity contribution in [3.63, 3.8) is 0 Å². The Morgan fingerprint density at radius 2 is 2.29 bits per heavy atom. The van der Waals surface area contributed by atoms with E-state index in [1.165, 1.54) is 0 Å². The molecule has 0 aliphatic rings. The number of nitrogens with two attached hydrogens (primary N) is 2. The van der Waals surface area contributed by atoms with Gasteiger partial charge in [-0.15, -0.1) is 0 Å². The summed E-state index contributed by atoms with van der Waals surface area (Å²) in [5.74, 6) is 11.0. The van der Waals surface area contributed by atoms with E-state index < -0.39 is 0 Å². The maximum atomic E-state index is 5.86. The van der Waals surface area contributed by atoms with Gasteiger partial charge in [0.05, 0.1) is 0 Å². The molecular formula is C9H13ClN4. The van der Waals surface area contributed by atoms with E-state index >= 15 is 0 Å². The fourth-order valence-electron chi connectivity index (χ4n) is 1.21. The molecule has 76 valence electrons. The molecule has 0 spiro atoms. The number of nitrogens with zero attached hydrogens (tertiary/aromatic N) is 1. The van der Waals surface area contributed by atoms with Crippen LogP contribution in [0.3, 0.4) is 0 Å². The van der Waals surface area contributed by atoms with Gasteiger partial charge in [0, 0.05) is 10.9 Å². The maximum Gasteiger partial charge on any atom is 0.143 e. The largest absolute Gasteiger partial charge is 0.322 e. The van der Waals surface area contributed by atoms with Crippen molar-refractivity contribution in [3.8, 4) is 0 Å². The highest BCUT2D eigenvalue weighted by atomic mass is 35.5. The lowest BCUT2D eigenvalue weighted by Crippen LogP contribution is -2.35. The first-order valence-electron chi connectivity index (χ1n) is 4.19. The predicted molar refractivity (Wildman–Crippen MR) is 58.8 cm³/mol.